The van der Waals surface area contributed by atoms with Gasteiger partial charge in [0, 0.05) is 37.4 Å². The van der Waals surface area contributed by atoms with Crippen molar-refractivity contribution in [3.63, 3.8) is 0 Å². The molecule has 36 heavy (non-hydrogen) atoms. The monoisotopic (exact) mass is 490 g/mol. The maximum Gasteiger partial charge on any atom is 0.173 e. The number of para-hydroxylation sites is 1. The Bertz CT molecular complexity index is 1160. The number of aromatic nitrogens is 4. The van der Waals surface area contributed by atoms with E-state index in [1.54, 1.807) is 14.2 Å². The van der Waals surface area contributed by atoms with E-state index in [0.717, 1.165) is 61.9 Å². The summed E-state index contributed by atoms with van der Waals surface area (Å²) in [5.41, 5.74) is 4.99. The van der Waals surface area contributed by atoms with Crippen molar-refractivity contribution in [3.8, 4) is 11.5 Å². The Hall–Kier alpha value is -3.13. The topological polar surface area (TPSA) is 68.5 Å². The number of aryl methyl sites for hydroxylation is 2. The fourth-order valence-electron chi connectivity index (χ4n) is 5.87. The number of rotatable bonds is 7. The minimum absolute atomic E-state index is 0.118. The van der Waals surface area contributed by atoms with Crippen LogP contribution in [0.25, 0.3) is 0 Å². The Morgan fingerprint density at radius 3 is 2.42 bits per heavy atom. The third-order valence-corrected chi connectivity index (χ3v) is 7.80. The number of hydrogen-bond donors (Lipinski definition) is 0. The molecule has 0 bridgehead atoms. The van der Waals surface area contributed by atoms with Crippen molar-refractivity contribution in [1.29, 1.82) is 0 Å². The lowest BCUT2D eigenvalue weighted by molar-refractivity contribution is 0.189. The third-order valence-electron chi connectivity index (χ3n) is 7.80. The second kappa shape index (κ2) is 10.9. The van der Waals surface area contributed by atoms with Gasteiger partial charge in [0.1, 0.15) is 6.04 Å². The number of ether oxygens (including phenoxy) is 2. The van der Waals surface area contributed by atoms with E-state index in [4.69, 9.17) is 9.47 Å². The summed E-state index contributed by atoms with van der Waals surface area (Å²) in [4.78, 5) is 5.01. The molecule has 1 saturated heterocycles. The highest BCUT2D eigenvalue weighted by Crippen LogP contribution is 2.41. The molecule has 0 N–H and O–H groups in total. The van der Waals surface area contributed by atoms with Crippen LogP contribution in [0.4, 0.5) is 5.69 Å². The van der Waals surface area contributed by atoms with Gasteiger partial charge < -0.3 is 14.4 Å². The van der Waals surface area contributed by atoms with Crippen molar-refractivity contribution in [2.75, 3.05) is 45.3 Å². The smallest absolute Gasteiger partial charge is 0.173 e. The molecule has 2 aromatic carbocycles. The lowest BCUT2D eigenvalue weighted by atomic mass is 9.94. The fraction of sp³-hybridized carbons (Fsp3) is 0.536. The molecule has 0 radical (unpaired) electrons. The van der Waals surface area contributed by atoms with Crippen molar-refractivity contribution >= 4 is 5.69 Å². The molecule has 0 amide bonds. The Morgan fingerprint density at radius 2 is 1.69 bits per heavy atom. The highest BCUT2D eigenvalue weighted by Gasteiger charge is 2.35. The van der Waals surface area contributed by atoms with E-state index >= 15 is 0 Å². The fourth-order valence-corrected chi connectivity index (χ4v) is 5.87. The first-order chi connectivity index (χ1) is 17.6. The first kappa shape index (κ1) is 24.6. The lowest BCUT2D eigenvalue weighted by Crippen LogP contribution is -2.48. The SMILES string of the molecule is COc1cccc([C@H](c2nnnn2C2CCCCC2)N2CCN(c3cc(C)ccc3C)CC2)c1OC. The van der Waals surface area contributed by atoms with Gasteiger partial charge in [-0.15, -0.1) is 5.10 Å². The standard InChI is InChI=1S/C28H38N6O2/c1-20-13-14-21(2)24(19-20)32-15-17-33(18-16-32)26(23-11-8-12-25(35-3)27(23)36-4)28-29-30-31-34(28)22-9-6-5-7-10-22/h8,11-14,19,22,26H,5-7,9-10,15-18H2,1-4H3/t26-/m1/s1. The van der Waals surface area contributed by atoms with Crippen molar-refractivity contribution in [2.45, 2.75) is 58.0 Å². The summed E-state index contributed by atoms with van der Waals surface area (Å²) >= 11 is 0. The molecule has 1 aliphatic heterocycles. The zero-order chi connectivity index (χ0) is 25.1. The molecular formula is C28H38N6O2. The van der Waals surface area contributed by atoms with Crippen LogP contribution < -0.4 is 14.4 Å². The largest absolute Gasteiger partial charge is 0.493 e. The Balaban J connectivity index is 1.50. The van der Waals surface area contributed by atoms with E-state index in [1.165, 1.54) is 36.1 Å². The zero-order valence-corrected chi connectivity index (χ0v) is 22.0. The van der Waals surface area contributed by atoms with Crippen molar-refractivity contribution in [3.05, 3.63) is 58.9 Å². The van der Waals surface area contributed by atoms with Crippen LogP contribution in [-0.4, -0.2) is 65.5 Å². The summed E-state index contributed by atoms with van der Waals surface area (Å²) < 4.78 is 13.7. The highest BCUT2D eigenvalue weighted by molar-refractivity contribution is 5.55. The number of methoxy groups -OCH3 is 2. The molecule has 8 heteroatoms. The number of nitrogens with zero attached hydrogens (tertiary/aromatic N) is 6. The normalized spacial score (nSPS) is 18.3. The summed E-state index contributed by atoms with van der Waals surface area (Å²) in [6.45, 7) is 8.04. The Labute approximate surface area is 214 Å². The molecule has 192 valence electrons. The first-order valence-electron chi connectivity index (χ1n) is 13.2. The first-order valence-corrected chi connectivity index (χ1v) is 13.2. The van der Waals surface area contributed by atoms with Gasteiger partial charge in [-0.3, -0.25) is 4.90 Å². The molecular weight excluding hydrogens is 452 g/mol. The predicted molar refractivity (Wildman–Crippen MR) is 141 cm³/mol. The summed E-state index contributed by atoms with van der Waals surface area (Å²) in [5, 5.41) is 13.3. The summed E-state index contributed by atoms with van der Waals surface area (Å²) in [6.07, 6.45) is 6.00. The van der Waals surface area contributed by atoms with Gasteiger partial charge in [0.15, 0.2) is 17.3 Å². The van der Waals surface area contributed by atoms with Gasteiger partial charge in [0.2, 0.25) is 0 Å². The average molecular weight is 491 g/mol. The van der Waals surface area contributed by atoms with Gasteiger partial charge in [-0.1, -0.05) is 43.5 Å². The van der Waals surface area contributed by atoms with Gasteiger partial charge in [-0.25, -0.2) is 4.68 Å². The molecule has 1 aromatic heterocycles. The second-order valence-electron chi connectivity index (χ2n) is 10.1. The van der Waals surface area contributed by atoms with Crippen molar-refractivity contribution in [1.82, 2.24) is 25.1 Å². The molecule has 3 aromatic rings. The molecule has 5 rings (SSSR count). The molecule has 1 atom stereocenters. The molecule has 0 unspecified atom stereocenters. The van der Waals surface area contributed by atoms with Crippen LogP contribution in [0, 0.1) is 13.8 Å². The van der Waals surface area contributed by atoms with Crippen LogP contribution in [0.3, 0.4) is 0 Å². The van der Waals surface area contributed by atoms with E-state index in [2.05, 4.69) is 68.1 Å². The van der Waals surface area contributed by atoms with Gasteiger partial charge in [-0.2, -0.15) is 0 Å². The maximum absolute atomic E-state index is 5.90. The van der Waals surface area contributed by atoms with E-state index in [-0.39, 0.29) is 6.04 Å². The number of hydrogen-bond acceptors (Lipinski definition) is 7. The van der Waals surface area contributed by atoms with Gasteiger partial charge >= 0.3 is 0 Å². The van der Waals surface area contributed by atoms with Crippen LogP contribution in [0.15, 0.2) is 36.4 Å². The third kappa shape index (κ3) is 4.78. The molecule has 2 aliphatic rings. The molecule has 1 aliphatic carbocycles. The highest BCUT2D eigenvalue weighted by atomic mass is 16.5. The van der Waals surface area contributed by atoms with Gasteiger partial charge in [0.05, 0.1) is 20.3 Å². The molecule has 2 fully saturated rings. The summed E-state index contributed by atoms with van der Waals surface area (Å²) in [5.74, 6) is 2.37. The number of piperazine rings is 1. The van der Waals surface area contributed by atoms with E-state index in [1.807, 2.05) is 12.1 Å². The van der Waals surface area contributed by atoms with Gasteiger partial charge in [0.25, 0.3) is 0 Å². The number of benzene rings is 2. The lowest BCUT2D eigenvalue weighted by Gasteiger charge is -2.41. The minimum Gasteiger partial charge on any atom is -0.493 e. The maximum atomic E-state index is 5.90. The number of anilines is 1. The van der Waals surface area contributed by atoms with Crippen LogP contribution in [-0.2, 0) is 0 Å². The average Bonchev–Trinajstić information content (AvgIpc) is 3.40. The zero-order valence-electron chi connectivity index (χ0n) is 22.0. The van der Waals surface area contributed by atoms with Crippen LogP contribution in [0.5, 0.6) is 11.5 Å². The Kier molecular flexibility index (Phi) is 7.41. The minimum atomic E-state index is -0.118. The quantitative estimate of drug-likeness (QED) is 0.474. The van der Waals surface area contributed by atoms with Crippen LogP contribution >= 0.6 is 0 Å². The molecule has 1 saturated carbocycles. The molecule has 2 heterocycles. The predicted octanol–water partition coefficient (Wildman–Crippen LogP) is 4.72. The molecule has 0 spiro atoms. The van der Waals surface area contributed by atoms with E-state index in [0.29, 0.717) is 6.04 Å². The van der Waals surface area contributed by atoms with E-state index < -0.39 is 0 Å². The number of tetrazole rings is 1. The van der Waals surface area contributed by atoms with Gasteiger partial charge in [-0.05, 0) is 60.4 Å². The molecule has 8 nitrogen and oxygen atoms in total. The summed E-state index contributed by atoms with van der Waals surface area (Å²) in [6, 6.07) is 13.0. The second-order valence-corrected chi connectivity index (χ2v) is 10.1. The van der Waals surface area contributed by atoms with Crippen molar-refractivity contribution < 1.29 is 9.47 Å². The van der Waals surface area contributed by atoms with Crippen molar-refractivity contribution in [2.24, 2.45) is 0 Å². The summed E-state index contributed by atoms with van der Waals surface area (Å²) in [7, 11) is 3.40. The van der Waals surface area contributed by atoms with Crippen LogP contribution in [0.2, 0.25) is 0 Å². The van der Waals surface area contributed by atoms with E-state index in [9.17, 15) is 0 Å². The Morgan fingerprint density at radius 1 is 0.917 bits per heavy atom. The van der Waals surface area contributed by atoms with Crippen LogP contribution in [0.1, 0.15) is 66.7 Å².